The summed E-state index contributed by atoms with van der Waals surface area (Å²) in [6.07, 6.45) is 2.47. The molecule has 0 bridgehead atoms. The van der Waals surface area contributed by atoms with Gasteiger partial charge in [-0.3, -0.25) is 9.59 Å². The SMILES string of the molecule is CNC(CN1CCN(C)C(=O)C1=O)C1CC1. The van der Waals surface area contributed by atoms with Crippen LogP contribution in [0.2, 0.25) is 0 Å². The molecule has 0 aromatic rings. The molecule has 0 aromatic heterocycles. The molecule has 0 radical (unpaired) electrons. The van der Waals surface area contributed by atoms with E-state index in [0.29, 0.717) is 31.6 Å². The molecule has 2 aliphatic rings. The second kappa shape index (κ2) is 4.41. The van der Waals surface area contributed by atoms with Crippen molar-refractivity contribution in [2.24, 2.45) is 5.92 Å². The number of hydrogen-bond donors (Lipinski definition) is 1. The minimum Gasteiger partial charge on any atom is -0.336 e. The lowest BCUT2D eigenvalue weighted by atomic mass is 10.1. The molecule has 2 fully saturated rings. The molecule has 1 saturated carbocycles. The van der Waals surface area contributed by atoms with E-state index in [0.717, 1.165) is 0 Å². The molecule has 1 N–H and O–H groups in total. The fraction of sp³-hybridized carbons (Fsp3) is 0.818. The Morgan fingerprint density at radius 1 is 1.31 bits per heavy atom. The monoisotopic (exact) mass is 225 g/mol. The Balaban J connectivity index is 1.93. The van der Waals surface area contributed by atoms with Gasteiger partial charge in [0.25, 0.3) is 0 Å². The highest BCUT2D eigenvalue weighted by molar-refractivity contribution is 6.35. The van der Waals surface area contributed by atoms with Gasteiger partial charge in [-0.1, -0.05) is 0 Å². The number of likely N-dealkylation sites (N-methyl/N-ethyl adjacent to an activating group) is 2. The molecule has 2 rings (SSSR count). The molecular weight excluding hydrogens is 206 g/mol. The van der Waals surface area contributed by atoms with Gasteiger partial charge in [0.15, 0.2) is 0 Å². The lowest BCUT2D eigenvalue weighted by Gasteiger charge is -2.33. The second-order valence-corrected chi connectivity index (χ2v) is 4.71. The van der Waals surface area contributed by atoms with Crippen molar-refractivity contribution in [2.75, 3.05) is 33.7 Å². The van der Waals surface area contributed by atoms with Crippen molar-refractivity contribution in [2.45, 2.75) is 18.9 Å². The Labute approximate surface area is 95.8 Å². The number of amides is 2. The van der Waals surface area contributed by atoms with E-state index in [4.69, 9.17) is 0 Å². The second-order valence-electron chi connectivity index (χ2n) is 4.71. The summed E-state index contributed by atoms with van der Waals surface area (Å²) in [5, 5.41) is 3.24. The largest absolute Gasteiger partial charge is 0.336 e. The smallest absolute Gasteiger partial charge is 0.312 e. The zero-order valence-corrected chi connectivity index (χ0v) is 9.90. The maximum atomic E-state index is 11.7. The fourth-order valence-electron chi connectivity index (χ4n) is 2.16. The molecule has 1 aliphatic heterocycles. The van der Waals surface area contributed by atoms with Crippen LogP contribution in [0.3, 0.4) is 0 Å². The van der Waals surface area contributed by atoms with E-state index in [1.165, 1.54) is 17.7 Å². The summed E-state index contributed by atoms with van der Waals surface area (Å²) >= 11 is 0. The summed E-state index contributed by atoms with van der Waals surface area (Å²) in [6.45, 7) is 1.97. The molecule has 0 spiro atoms. The number of rotatable bonds is 4. The molecule has 90 valence electrons. The van der Waals surface area contributed by atoms with Crippen LogP contribution in [0.15, 0.2) is 0 Å². The molecule has 1 heterocycles. The molecule has 16 heavy (non-hydrogen) atoms. The fourth-order valence-corrected chi connectivity index (χ4v) is 2.16. The van der Waals surface area contributed by atoms with E-state index < -0.39 is 0 Å². The van der Waals surface area contributed by atoms with Crippen molar-refractivity contribution in [1.82, 2.24) is 15.1 Å². The lowest BCUT2D eigenvalue weighted by molar-refractivity contribution is -0.155. The summed E-state index contributed by atoms with van der Waals surface area (Å²) < 4.78 is 0. The van der Waals surface area contributed by atoms with Gasteiger partial charge < -0.3 is 15.1 Å². The summed E-state index contributed by atoms with van der Waals surface area (Å²) in [7, 11) is 3.60. The van der Waals surface area contributed by atoms with E-state index in [1.807, 2.05) is 7.05 Å². The Morgan fingerprint density at radius 2 is 2.00 bits per heavy atom. The highest BCUT2D eigenvalue weighted by Gasteiger charge is 2.36. The predicted molar refractivity (Wildman–Crippen MR) is 59.8 cm³/mol. The van der Waals surface area contributed by atoms with Crippen molar-refractivity contribution in [3.63, 3.8) is 0 Å². The molecular formula is C11H19N3O2. The lowest BCUT2D eigenvalue weighted by Crippen LogP contribution is -2.55. The minimum absolute atomic E-state index is 0.347. The van der Waals surface area contributed by atoms with E-state index in [1.54, 1.807) is 11.9 Å². The van der Waals surface area contributed by atoms with Gasteiger partial charge in [-0.05, 0) is 25.8 Å². The van der Waals surface area contributed by atoms with Crippen LogP contribution in [0, 0.1) is 5.92 Å². The van der Waals surface area contributed by atoms with Gasteiger partial charge >= 0.3 is 11.8 Å². The molecule has 0 aromatic carbocycles. The Morgan fingerprint density at radius 3 is 2.56 bits per heavy atom. The Bertz CT molecular complexity index is 302. The van der Waals surface area contributed by atoms with Gasteiger partial charge in [0.05, 0.1) is 0 Å². The molecule has 2 amide bonds. The highest BCUT2D eigenvalue weighted by Crippen LogP contribution is 2.32. The number of carbonyl (C=O) groups is 2. The Hall–Kier alpha value is -1.10. The highest BCUT2D eigenvalue weighted by atomic mass is 16.2. The summed E-state index contributed by atoms with van der Waals surface area (Å²) in [4.78, 5) is 26.4. The van der Waals surface area contributed by atoms with Gasteiger partial charge in [0, 0.05) is 32.7 Å². The average Bonchev–Trinajstić information content (AvgIpc) is 3.09. The van der Waals surface area contributed by atoms with Crippen molar-refractivity contribution >= 4 is 11.8 Å². The van der Waals surface area contributed by atoms with Crippen LogP contribution in [0.4, 0.5) is 0 Å². The number of nitrogens with one attached hydrogen (secondary N) is 1. The summed E-state index contributed by atoms with van der Waals surface area (Å²) in [5.41, 5.74) is 0. The first-order chi connectivity index (χ1) is 7.63. The van der Waals surface area contributed by atoms with Gasteiger partial charge in [0.2, 0.25) is 0 Å². The van der Waals surface area contributed by atoms with Crippen LogP contribution < -0.4 is 5.32 Å². The van der Waals surface area contributed by atoms with Crippen LogP contribution >= 0.6 is 0 Å². The minimum atomic E-state index is -0.378. The first kappa shape index (κ1) is 11.4. The van der Waals surface area contributed by atoms with Crippen LogP contribution in [-0.4, -0.2) is 61.4 Å². The van der Waals surface area contributed by atoms with Gasteiger partial charge in [0.1, 0.15) is 0 Å². The third kappa shape index (κ3) is 2.19. The molecule has 1 unspecified atom stereocenters. The number of carbonyl (C=O) groups excluding carboxylic acids is 2. The summed E-state index contributed by atoms with van der Waals surface area (Å²) in [6, 6.07) is 0.347. The van der Waals surface area contributed by atoms with Gasteiger partial charge in [-0.15, -0.1) is 0 Å². The van der Waals surface area contributed by atoms with Crippen LogP contribution in [0.1, 0.15) is 12.8 Å². The third-order valence-corrected chi connectivity index (χ3v) is 3.50. The van der Waals surface area contributed by atoms with Crippen LogP contribution in [-0.2, 0) is 9.59 Å². The van der Waals surface area contributed by atoms with Crippen molar-refractivity contribution in [1.29, 1.82) is 0 Å². The number of hydrogen-bond acceptors (Lipinski definition) is 3. The van der Waals surface area contributed by atoms with Crippen molar-refractivity contribution < 1.29 is 9.59 Å². The zero-order valence-electron chi connectivity index (χ0n) is 9.90. The van der Waals surface area contributed by atoms with Gasteiger partial charge in [-0.25, -0.2) is 0 Å². The Kier molecular flexibility index (Phi) is 3.14. The first-order valence-corrected chi connectivity index (χ1v) is 5.85. The van der Waals surface area contributed by atoms with Gasteiger partial charge in [-0.2, -0.15) is 0 Å². The van der Waals surface area contributed by atoms with Crippen LogP contribution in [0.5, 0.6) is 0 Å². The maximum absolute atomic E-state index is 11.7. The van der Waals surface area contributed by atoms with E-state index in [-0.39, 0.29) is 11.8 Å². The molecule has 1 saturated heterocycles. The topological polar surface area (TPSA) is 52.6 Å². The van der Waals surface area contributed by atoms with Crippen molar-refractivity contribution in [3.8, 4) is 0 Å². The zero-order chi connectivity index (χ0) is 11.7. The molecule has 1 atom stereocenters. The standard InChI is InChI=1S/C11H19N3O2/c1-12-9(8-3-4-8)7-14-6-5-13(2)10(15)11(14)16/h8-9,12H,3-7H2,1-2H3. The normalized spacial score (nSPS) is 23.9. The quantitative estimate of drug-likeness (QED) is 0.643. The van der Waals surface area contributed by atoms with Crippen molar-refractivity contribution in [3.05, 3.63) is 0 Å². The van der Waals surface area contributed by atoms with E-state index in [2.05, 4.69) is 5.32 Å². The first-order valence-electron chi connectivity index (χ1n) is 5.85. The third-order valence-electron chi connectivity index (χ3n) is 3.50. The van der Waals surface area contributed by atoms with Crippen LogP contribution in [0.25, 0.3) is 0 Å². The predicted octanol–water partition coefficient (Wildman–Crippen LogP) is -0.715. The maximum Gasteiger partial charge on any atom is 0.312 e. The van der Waals surface area contributed by atoms with E-state index in [9.17, 15) is 9.59 Å². The molecule has 5 heteroatoms. The summed E-state index contributed by atoms with van der Waals surface area (Å²) in [5.74, 6) is -0.0425. The molecule has 5 nitrogen and oxygen atoms in total. The number of nitrogens with zero attached hydrogens (tertiary/aromatic N) is 2. The number of piperazine rings is 1. The average molecular weight is 225 g/mol. The molecule has 1 aliphatic carbocycles. The van der Waals surface area contributed by atoms with E-state index >= 15 is 0 Å².